The van der Waals surface area contributed by atoms with E-state index in [4.69, 9.17) is 14.2 Å². The third-order valence-electron chi connectivity index (χ3n) is 7.27. The highest BCUT2D eigenvalue weighted by Gasteiger charge is 2.47. The number of carbonyl (C=O) groups is 2. The molecule has 1 aromatic rings. The van der Waals surface area contributed by atoms with Gasteiger partial charge in [-0.1, -0.05) is 38.3 Å². The number of rotatable bonds is 7. The predicted octanol–water partition coefficient (Wildman–Crippen LogP) is 3.61. The summed E-state index contributed by atoms with van der Waals surface area (Å²) in [7, 11) is 0. The average Bonchev–Trinajstić information content (AvgIpc) is 3.08. The molecule has 0 amide bonds. The standard InChI is InChI=1S/C25H34O6/c1-2-3-4-7-18(26)9-10-19-20-11-16-6-5-8-22-21(16)12-17(20)13-23(19)31-25(28)15-30-24(27)14-29-22/h5-6,8,17-20,23,26H,2-4,7,9-15H2,1H3/t17?,18-,19-,20+,23-/m1/s1. The molecule has 31 heavy (non-hydrogen) atoms. The molecule has 1 aromatic carbocycles. The van der Waals surface area contributed by atoms with Crippen molar-refractivity contribution in [3.8, 4) is 5.75 Å². The lowest BCUT2D eigenvalue weighted by molar-refractivity contribution is -0.164. The Kier molecular flexibility index (Phi) is 7.16. The molecule has 6 heteroatoms. The molecule has 3 bridgehead atoms. The van der Waals surface area contributed by atoms with Crippen LogP contribution in [0, 0.1) is 17.8 Å². The van der Waals surface area contributed by atoms with E-state index in [1.54, 1.807) is 0 Å². The highest BCUT2D eigenvalue weighted by atomic mass is 16.6. The molecule has 1 unspecified atom stereocenters. The van der Waals surface area contributed by atoms with Crippen molar-refractivity contribution in [2.75, 3.05) is 13.2 Å². The summed E-state index contributed by atoms with van der Waals surface area (Å²) in [5, 5.41) is 10.5. The minimum absolute atomic E-state index is 0.191. The Labute approximate surface area is 184 Å². The van der Waals surface area contributed by atoms with E-state index >= 15 is 0 Å². The fourth-order valence-electron chi connectivity index (χ4n) is 5.73. The van der Waals surface area contributed by atoms with Gasteiger partial charge in [-0.25, -0.2) is 9.59 Å². The zero-order valence-electron chi connectivity index (χ0n) is 18.4. The van der Waals surface area contributed by atoms with Gasteiger partial charge in [0, 0.05) is 0 Å². The molecule has 0 spiro atoms. The topological polar surface area (TPSA) is 82.1 Å². The molecule has 1 N–H and O–H groups in total. The lowest BCUT2D eigenvalue weighted by Crippen LogP contribution is -2.31. The summed E-state index contributed by atoms with van der Waals surface area (Å²) >= 11 is 0. The van der Waals surface area contributed by atoms with Crippen LogP contribution in [0.15, 0.2) is 18.2 Å². The third-order valence-corrected chi connectivity index (χ3v) is 7.27. The first-order chi connectivity index (χ1) is 15.0. The van der Waals surface area contributed by atoms with Crippen LogP contribution in [0.5, 0.6) is 5.75 Å². The fourth-order valence-corrected chi connectivity index (χ4v) is 5.73. The molecule has 2 aliphatic carbocycles. The Morgan fingerprint density at radius 2 is 1.90 bits per heavy atom. The maximum atomic E-state index is 12.4. The van der Waals surface area contributed by atoms with Crippen LogP contribution in [0.4, 0.5) is 0 Å². The summed E-state index contributed by atoms with van der Waals surface area (Å²) in [5.74, 6) is 0.723. The van der Waals surface area contributed by atoms with Gasteiger partial charge in [-0.3, -0.25) is 0 Å². The Morgan fingerprint density at radius 1 is 1.06 bits per heavy atom. The normalized spacial score (nSPS) is 28.6. The molecule has 5 atom stereocenters. The Morgan fingerprint density at radius 3 is 2.74 bits per heavy atom. The zero-order chi connectivity index (χ0) is 21.8. The zero-order valence-corrected chi connectivity index (χ0v) is 18.4. The number of aliphatic hydroxyl groups excluding tert-OH is 1. The molecule has 3 aliphatic rings. The molecule has 170 valence electrons. The molecular weight excluding hydrogens is 396 g/mol. The van der Waals surface area contributed by atoms with Crippen LogP contribution in [0.25, 0.3) is 0 Å². The highest BCUT2D eigenvalue weighted by molar-refractivity contribution is 5.77. The van der Waals surface area contributed by atoms with Crippen molar-refractivity contribution in [1.29, 1.82) is 0 Å². The van der Waals surface area contributed by atoms with E-state index in [0.717, 1.165) is 63.5 Å². The summed E-state index contributed by atoms with van der Waals surface area (Å²) in [6.07, 6.45) is 7.86. The summed E-state index contributed by atoms with van der Waals surface area (Å²) in [6, 6.07) is 6.02. The lowest BCUT2D eigenvalue weighted by atomic mass is 9.73. The van der Waals surface area contributed by atoms with Gasteiger partial charge in [-0.2, -0.15) is 0 Å². The SMILES string of the molecule is CCCCC[C@@H](O)CC[C@H]1[C@H]2CC3Cc4c(cccc4OCC(=O)OCC(=O)O2)C[C@@H]31. The van der Waals surface area contributed by atoms with E-state index < -0.39 is 11.9 Å². The van der Waals surface area contributed by atoms with Crippen molar-refractivity contribution >= 4 is 11.9 Å². The average molecular weight is 431 g/mol. The van der Waals surface area contributed by atoms with E-state index in [9.17, 15) is 14.7 Å². The van der Waals surface area contributed by atoms with Crippen molar-refractivity contribution in [3.63, 3.8) is 0 Å². The summed E-state index contributed by atoms with van der Waals surface area (Å²) < 4.78 is 16.6. The predicted molar refractivity (Wildman–Crippen MR) is 115 cm³/mol. The molecule has 1 fully saturated rings. The number of carbonyl (C=O) groups excluding carboxylic acids is 2. The number of benzene rings is 1. The van der Waals surface area contributed by atoms with Gasteiger partial charge in [0.05, 0.1) is 6.10 Å². The van der Waals surface area contributed by atoms with Gasteiger partial charge in [-0.15, -0.1) is 0 Å². The second kappa shape index (κ2) is 10.0. The molecule has 1 aliphatic heterocycles. The second-order valence-electron chi connectivity index (χ2n) is 9.33. The quantitative estimate of drug-likeness (QED) is 0.526. The molecule has 0 aromatic heterocycles. The first-order valence-corrected chi connectivity index (χ1v) is 11.8. The van der Waals surface area contributed by atoms with Crippen molar-refractivity contribution in [3.05, 3.63) is 29.3 Å². The van der Waals surface area contributed by atoms with Crippen LogP contribution in [0.1, 0.15) is 63.0 Å². The fraction of sp³-hybridized carbons (Fsp3) is 0.680. The molecular formula is C25H34O6. The monoisotopic (exact) mass is 430 g/mol. The van der Waals surface area contributed by atoms with Crippen LogP contribution in [0.3, 0.4) is 0 Å². The number of hydrogen-bond acceptors (Lipinski definition) is 6. The van der Waals surface area contributed by atoms with E-state index in [2.05, 4.69) is 13.0 Å². The van der Waals surface area contributed by atoms with Gasteiger partial charge >= 0.3 is 11.9 Å². The molecule has 0 radical (unpaired) electrons. The molecule has 6 nitrogen and oxygen atoms in total. The molecule has 4 rings (SSSR count). The molecule has 1 heterocycles. The summed E-state index contributed by atoms with van der Waals surface area (Å²) in [6.45, 7) is 1.57. The number of fused-ring (bicyclic) bond motifs is 1. The van der Waals surface area contributed by atoms with Crippen LogP contribution >= 0.6 is 0 Å². The lowest BCUT2D eigenvalue weighted by Gasteiger charge is -2.33. The molecule has 0 saturated heterocycles. The Balaban J connectivity index is 1.53. The minimum atomic E-state index is -0.570. The van der Waals surface area contributed by atoms with E-state index in [1.807, 2.05) is 12.1 Å². The van der Waals surface area contributed by atoms with Gasteiger partial charge in [0.25, 0.3) is 0 Å². The number of hydrogen-bond donors (Lipinski definition) is 1. The van der Waals surface area contributed by atoms with Crippen molar-refractivity contribution < 1.29 is 28.9 Å². The second-order valence-corrected chi connectivity index (χ2v) is 9.33. The number of cyclic esters (lactones) is 1. The Hall–Kier alpha value is -2.08. The van der Waals surface area contributed by atoms with Gasteiger partial charge < -0.3 is 19.3 Å². The van der Waals surface area contributed by atoms with E-state index in [1.165, 1.54) is 11.1 Å². The number of unbranched alkanes of at least 4 members (excludes halogenated alkanes) is 2. The van der Waals surface area contributed by atoms with E-state index in [0.29, 0.717) is 11.8 Å². The van der Waals surface area contributed by atoms with E-state index in [-0.39, 0.29) is 31.3 Å². The van der Waals surface area contributed by atoms with Crippen molar-refractivity contribution in [2.45, 2.75) is 76.9 Å². The van der Waals surface area contributed by atoms with Gasteiger partial charge in [0.1, 0.15) is 11.9 Å². The maximum Gasteiger partial charge on any atom is 0.344 e. The summed E-state index contributed by atoms with van der Waals surface area (Å²) in [4.78, 5) is 24.3. The first-order valence-electron chi connectivity index (χ1n) is 11.8. The highest BCUT2D eigenvalue weighted by Crippen LogP contribution is 2.49. The van der Waals surface area contributed by atoms with Gasteiger partial charge in [0.2, 0.25) is 0 Å². The maximum absolute atomic E-state index is 12.4. The largest absolute Gasteiger partial charge is 0.482 e. The number of aliphatic hydroxyl groups is 1. The third kappa shape index (κ3) is 5.22. The van der Waals surface area contributed by atoms with Gasteiger partial charge in [0.15, 0.2) is 13.2 Å². The van der Waals surface area contributed by atoms with Crippen LogP contribution in [-0.2, 0) is 31.9 Å². The number of esters is 2. The minimum Gasteiger partial charge on any atom is -0.482 e. The smallest absolute Gasteiger partial charge is 0.344 e. The van der Waals surface area contributed by atoms with Crippen molar-refractivity contribution in [2.24, 2.45) is 17.8 Å². The first kappa shape index (κ1) is 22.1. The van der Waals surface area contributed by atoms with Gasteiger partial charge in [-0.05, 0) is 73.5 Å². The van der Waals surface area contributed by atoms with Crippen LogP contribution in [-0.4, -0.2) is 42.5 Å². The number of ether oxygens (including phenoxy) is 3. The Bertz CT molecular complexity index is 790. The van der Waals surface area contributed by atoms with Crippen LogP contribution in [0.2, 0.25) is 0 Å². The van der Waals surface area contributed by atoms with Crippen LogP contribution < -0.4 is 4.74 Å². The van der Waals surface area contributed by atoms with Crippen molar-refractivity contribution in [1.82, 2.24) is 0 Å². The summed E-state index contributed by atoms with van der Waals surface area (Å²) in [5.41, 5.74) is 2.42. The molecule has 1 saturated carbocycles.